The van der Waals surface area contributed by atoms with Crippen LogP contribution in [0.25, 0.3) is 22.3 Å². The molecular formula is C13H15N5. The number of hydrogen-bond donors (Lipinski definition) is 1. The highest BCUT2D eigenvalue weighted by molar-refractivity contribution is 5.94. The van der Waals surface area contributed by atoms with Crippen LogP contribution in [-0.4, -0.2) is 19.3 Å². The van der Waals surface area contributed by atoms with E-state index in [1.165, 1.54) is 10.9 Å². The maximum absolute atomic E-state index is 5.58. The number of rotatable bonds is 2. The summed E-state index contributed by atoms with van der Waals surface area (Å²) in [5.41, 5.74) is 7.86. The third kappa shape index (κ3) is 1.52. The molecule has 5 heteroatoms. The highest BCUT2D eigenvalue weighted by Crippen LogP contribution is 2.28. The van der Waals surface area contributed by atoms with E-state index in [9.17, 15) is 0 Å². The van der Waals surface area contributed by atoms with E-state index in [0.717, 1.165) is 11.4 Å². The van der Waals surface area contributed by atoms with E-state index < -0.39 is 0 Å². The Morgan fingerprint density at radius 2 is 2.00 bits per heavy atom. The average Bonchev–Trinajstić information content (AvgIpc) is 2.91. The van der Waals surface area contributed by atoms with Crippen LogP contribution in [0.15, 0.2) is 30.5 Å². The van der Waals surface area contributed by atoms with Crippen molar-refractivity contribution >= 4 is 10.9 Å². The number of fused-ring (bicyclic) bond motifs is 1. The Morgan fingerprint density at radius 1 is 1.22 bits per heavy atom. The standard InChI is InChI=1S/C13H15N5/c1-17-8-10(9-5-3-4-6-11(9)17)13-15-12(7-14)16-18(13)2/h3-6,8H,7,14H2,1-2H3. The SMILES string of the molecule is Cn1nc(CN)nc1-c1cn(C)c2ccccc12. The summed E-state index contributed by atoms with van der Waals surface area (Å²) in [6, 6.07) is 8.26. The zero-order valence-electron chi connectivity index (χ0n) is 10.5. The van der Waals surface area contributed by atoms with Crippen LogP contribution in [0.4, 0.5) is 0 Å². The van der Waals surface area contributed by atoms with Gasteiger partial charge in [-0.05, 0) is 6.07 Å². The van der Waals surface area contributed by atoms with Gasteiger partial charge in [-0.3, -0.25) is 0 Å². The highest BCUT2D eigenvalue weighted by Gasteiger charge is 2.14. The Bertz CT molecular complexity index is 707. The first kappa shape index (κ1) is 11.0. The largest absolute Gasteiger partial charge is 0.350 e. The van der Waals surface area contributed by atoms with Crippen molar-refractivity contribution in [1.82, 2.24) is 19.3 Å². The molecule has 0 radical (unpaired) electrons. The lowest BCUT2D eigenvalue weighted by Crippen LogP contribution is -1.99. The molecule has 3 aromatic rings. The van der Waals surface area contributed by atoms with Crippen molar-refractivity contribution in [2.45, 2.75) is 6.54 Å². The summed E-state index contributed by atoms with van der Waals surface area (Å²) in [7, 11) is 3.93. The van der Waals surface area contributed by atoms with Gasteiger partial charge in [-0.2, -0.15) is 5.10 Å². The number of nitrogens with zero attached hydrogens (tertiary/aromatic N) is 4. The average molecular weight is 241 g/mol. The van der Waals surface area contributed by atoms with Crippen LogP contribution in [0.2, 0.25) is 0 Å². The van der Waals surface area contributed by atoms with Crippen molar-refractivity contribution < 1.29 is 0 Å². The number of nitrogens with two attached hydrogens (primary N) is 1. The summed E-state index contributed by atoms with van der Waals surface area (Å²) in [4.78, 5) is 4.48. The van der Waals surface area contributed by atoms with Crippen molar-refractivity contribution in [3.8, 4) is 11.4 Å². The second kappa shape index (κ2) is 3.96. The predicted molar refractivity (Wildman–Crippen MR) is 70.8 cm³/mol. The van der Waals surface area contributed by atoms with Gasteiger partial charge in [0.05, 0.1) is 6.54 Å². The van der Waals surface area contributed by atoms with Crippen LogP contribution in [0, 0.1) is 0 Å². The van der Waals surface area contributed by atoms with Crippen LogP contribution in [0.1, 0.15) is 5.82 Å². The molecule has 0 saturated heterocycles. The summed E-state index contributed by atoms with van der Waals surface area (Å²) in [5.74, 6) is 1.52. The molecule has 0 amide bonds. The normalized spacial score (nSPS) is 11.3. The lowest BCUT2D eigenvalue weighted by atomic mass is 10.1. The first-order chi connectivity index (χ1) is 8.70. The summed E-state index contributed by atoms with van der Waals surface area (Å²) in [5, 5.41) is 5.47. The van der Waals surface area contributed by atoms with Crippen molar-refractivity contribution in [3.63, 3.8) is 0 Å². The third-order valence-corrected chi connectivity index (χ3v) is 3.13. The van der Waals surface area contributed by atoms with E-state index in [4.69, 9.17) is 5.73 Å². The summed E-state index contributed by atoms with van der Waals surface area (Å²) < 4.78 is 3.88. The molecule has 18 heavy (non-hydrogen) atoms. The van der Waals surface area contributed by atoms with Crippen molar-refractivity contribution in [1.29, 1.82) is 0 Å². The molecule has 0 aliphatic heterocycles. The lowest BCUT2D eigenvalue weighted by molar-refractivity contribution is 0.749. The molecule has 92 valence electrons. The number of aryl methyl sites for hydroxylation is 2. The zero-order chi connectivity index (χ0) is 12.7. The lowest BCUT2D eigenvalue weighted by Gasteiger charge is -1.97. The van der Waals surface area contributed by atoms with Gasteiger partial charge < -0.3 is 10.3 Å². The number of para-hydroxylation sites is 1. The zero-order valence-corrected chi connectivity index (χ0v) is 10.5. The molecule has 5 nitrogen and oxygen atoms in total. The Kier molecular flexibility index (Phi) is 2.41. The molecule has 0 saturated carbocycles. The molecule has 0 fully saturated rings. The first-order valence-electron chi connectivity index (χ1n) is 5.85. The number of benzene rings is 1. The van der Waals surface area contributed by atoms with E-state index in [0.29, 0.717) is 12.4 Å². The molecule has 0 unspecified atom stereocenters. The van der Waals surface area contributed by atoms with Gasteiger partial charge in [-0.15, -0.1) is 0 Å². The molecule has 1 aromatic carbocycles. The Morgan fingerprint density at radius 3 is 2.72 bits per heavy atom. The third-order valence-electron chi connectivity index (χ3n) is 3.13. The molecule has 0 aliphatic rings. The fourth-order valence-corrected chi connectivity index (χ4v) is 2.28. The van der Waals surface area contributed by atoms with Gasteiger partial charge in [-0.25, -0.2) is 9.67 Å². The summed E-state index contributed by atoms with van der Waals surface area (Å²) in [6.45, 7) is 0.360. The van der Waals surface area contributed by atoms with E-state index in [1.807, 2.05) is 26.2 Å². The molecule has 2 N–H and O–H groups in total. The van der Waals surface area contributed by atoms with Crippen LogP contribution in [0.5, 0.6) is 0 Å². The van der Waals surface area contributed by atoms with Gasteiger partial charge in [0.1, 0.15) is 0 Å². The topological polar surface area (TPSA) is 61.7 Å². The van der Waals surface area contributed by atoms with Crippen LogP contribution in [-0.2, 0) is 20.6 Å². The predicted octanol–water partition coefficient (Wildman–Crippen LogP) is 1.43. The molecule has 0 aliphatic carbocycles. The molecule has 2 heterocycles. The number of hydrogen-bond acceptors (Lipinski definition) is 3. The van der Waals surface area contributed by atoms with Gasteiger partial charge in [0.15, 0.2) is 11.6 Å². The Balaban J connectivity index is 2.28. The van der Waals surface area contributed by atoms with E-state index in [1.54, 1.807) is 4.68 Å². The molecule has 0 atom stereocenters. The van der Waals surface area contributed by atoms with Crippen molar-refractivity contribution in [3.05, 3.63) is 36.3 Å². The molecule has 3 rings (SSSR count). The Labute approximate surface area is 105 Å². The van der Waals surface area contributed by atoms with Gasteiger partial charge in [-0.1, -0.05) is 18.2 Å². The van der Waals surface area contributed by atoms with Crippen LogP contribution < -0.4 is 5.73 Å². The molecule has 2 aromatic heterocycles. The fourth-order valence-electron chi connectivity index (χ4n) is 2.28. The minimum atomic E-state index is 0.360. The maximum Gasteiger partial charge on any atom is 0.164 e. The van der Waals surface area contributed by atoms with Crippen molar-refractivity contribution in [2.75, 3.05) is 0 Å². The van der Waals surface area contributed by atoms with E-state index >= 15 is 0 Å². The second-order valence-electron chi connectivity index (χ2n) is 4.35. The minimum Gasteiger partial charge on any atom is -0.350 e. The minimum absolute atomic E-state index is 0.360. The summed E-state index contributed by atoms with van der Waals surface area (Å²) >= 11 is 0. The van der Waals surface area contributed by atoms with Crippen LogP contribution in [0.3, 0.4) is 0 Å². The number of aromatic nitrogens is 4. The van der Waals surface area contributed by atoms with Gasteiger partial charge in [0, 0.05) is 36.8 Å². The van der Waals surface area contributed by atoms with Crippen molar-refractivity contribution in [2.24, 2.45) is 19.8 Å². The summed E-state index contributed by atoms with van der Waals surface area (Å²) in [6.07, 6.45) is 2.08. The first-order valence-corrected chi connectivity index (χ1v) is 5.85. The van der Waals surface area contributed by atoms with Gasteiger partial charge >= 0.3 is 0 Å². The van der Waals surface area contributed by atoms with Gasteiger partial charge in [0.25, 0.3) is 0 Å². The quantitative estimate of drug-likeness (QED) is 0.738. The molecule has 0 spiro atoms. The smallest absolute Gasteiger partial charge is 0.164 e. The van der Waals surface area contributed by atoms with E-state index in [-0.39, 0.29) is 0 Å². The molecule has 0 bridgehead atoms. The maximum atomic E-state index is 5.58. The monoisotopic (exact) mass is 241 g/mol. The van der Waals surface area contributed by atoms with E-state index in [2.05, 4.69) is 33.0 Å². The fraction of sp³-hybridized carbons (Fsp3) is 0.231. The van der Waals surface area contributed by atoms with Gasteiger partial charge in [0.2, 0.25) is 0 Å². The van der Waals surface area contributed by atoms with Crippen LogP contribution >= 0.6 is 0 Å². The second-order valence-corrected chi connectivity index (χ2v) is 4.35. The molecular weight excluding hydrogens is 226 g/mol. The Hall–Kier alpha value is -2.14. The highest BCUT2D eigenvalue weighted by atomic mass is 15.3.